The van der Waals surface area contributed by atoms with E-state index in [-0.39, 0.29) is 5.41 Å². The molecule has 0 aliphatic carbocycles. The first-order valence-corrected chi connectivity index (χ1v) is 8.75. The summed E-state index contributed by atoms with van der Waals surface area (Å²) >= 11 is 0. The predicted molar refractivity (Wildman–Crippen MR) is 91.4 cm³/mol. The zero-order valence-electron chi connectivity index (χ0n) is 14.1. The van der Waals surface area contributed by atoms with Crippen LogP contribution < -0.4 is 0 Å². The summed E-state index contributed by atoms with van der Waals surface area (Å²) < 4.78 is 11.5. The van der Waals surface area contributed by atoms with Crippen molar-refractivity contribution in [2.75, 3.05) is 39.4 Å². The van der Waals surface area contributed by atoms with E-state index in [0.717, 1.165) is 58.2 Å². The third kappa shape index (κ3) is 3.69. The maximum absolute atomic E-state index is 5.97. The van der Waals surface area contributed by atoms with E-state index in [4.69, 9.17) is 9.15 Å². The van der Waals surface area contributed by atoms with E-state index in [1.807, 2.05) is 24.5 Å². The van der Waals surface area contributed by atoms with Gasteiger partial charge in [-0.1, -0.05) is 6.07 Å². The minimum Gasteiger partial charge on any atom is -0.468 e. The highest BCUT2D eigenvalue weighted by Crippen LogP contribution is 2.34. The van der Waals surface area contributed by atoms with Crippen LogP contribution in [0.25, 0.3) is 0 Å². The van der Waals surface area contributed by atoms with Gasteiger partial charge in [0.25, 0.3) is 0 Å². The van der Waals surface area contributed by atoms with Crippen molar-refractivity contribution in [1.82, 2.24) is 14.8 Å². The fraction of sp³-hybridized carbons (Fsp3) is 0.526. The molecular weight excluding hydrogens is 302 g/mol. The maximum atomic E-state index is 5.97. The van der Waals surface area contributed by atoms with Gasteiger partial charge in [-0.3, -0.25) is 14.8 Å². The van der Waals surface area contributed by atoms with E-state index in [9.17, 15) is 0 Å². The largest absolute Gasteiger partial charge is 0.468 e. The number of rotatable bonds is 4. The molecule has 1 unspecified atom stereocenters. The molecule has 5 nitrogen and oxygen atoms in total. The Morgan fingerprint density at radius 2 is 2.00 bits per heavy atom. The third-order valence-electron chi connectivity index (χ3n) is 5.13. The number of hydrogen-bond donors (Lipinski definition) is 0. The van der Waals surface area contributed by atoms with Crippen LogP contribution in [0, 0.1) is 5.41 Å². The average Bonchev–Trinajstić information content (AvgIpc) is 3.18. The summed E-state index contributed by atoms with van der Waals surface area (Å²) in [5, 5.41) is 0. The highest BCUT2D eigenvalue weighted by molar-refractivity contribution is 5.09. The molecule has 2 saturated heterocycles. The Balaban J connectivity index is 1.40. The van der Waals surface area contributed by atoms with Gasteiger partial charge in [0.05, 0.1) is 26.0 Å². The number of furan rings is 1. The molecule has 4 rings (SSSR count). The second kappa shape index (κ2) is 7.05. The van der Waals surface area contributed by atoms with E-state index >= 15 is 0 Å². The van der Waals surface area contributed by atoms with Gasteiger partial charge in [0.15, 0.2) is 0 Å². The molecule has 0 aromatic carbocycles. The van der Waals surface area contributed by atoms with Gasteiger partial charge < -0.3 is 9.15 Å². The molecule has 4 heterocycles. The van der Waals surface area contributed by atoms with Crippen LogP contribution in [-0.4, -0.2) is 54.2 Å². The lowest BCUT2D eigenvalue weighted by atomic mass is 9.87. The SMILES string of the molecule is c1cncc(CN2CCC3(COCCN(Cc4ccco4)C3)C2)c1. The van der Waals surface area contributed by atoms with Gasteiger partial charge >= 0.3 is 0 Å². The zero-order valence-corrected chi connectivity index (χ0v) is 14.1. The number of nitrogens with zero attached hydrogens (tertiary/aromatic N) is 3. The van der Waals surface area contributed by atoms with E-state index in [0.29, 0.717) is 0 Å². The van der Waals surface area contributed by atoms with Gasteiger partial charge in [0.2, 0.25) is 0 Å². The lowest BCUT2D eigenvalue weighted by molar-refractivity contribution is 0.0704. The van der Waals surface area contributed by atoms with Crippen molar-refractivity contribution < 1.29 is 9.15 Å². The topological polar surface area (TPSA) is 41.7 Å². The number of ether oxygens (including phenoxy) is 1. The summed E-state index contributed by atoms with van der Waals surface area (Å²) in [6.07, 6.45) is 6.75. The van der Waals surface area contributed by atoms with Crippen LogP contribution in [0.4, 0.5) is 0 Å². The average molecular weight is 327 g/mol. The molecule has 2 aliphatic rings. The molecule has 0 saturated carbocycles. The molecule has 2 fully saturated rings. The molecule has 2 aromatic heterocycles. The Labute approximate surface area is 143 Å². The monoisotopic (exact) mass is 327 g/mol. The van der Waals surface area contributed by atoms with Gasteiger partial charge in [-0.25, -0.2) is 0 Å². The Kier molecular flexibility index (Phi) is 4.65. The minimum atomic E-state index is 0.241. The van der Waals surface area contributed by atoms with E-state index in [2.05, 4.69) is 26.9 Å². The van der Waals surface area contributed by atoms with Crippen LogP contribution >= 0.6 is 0 Å². The summed E-state index contributed by atoms with van der Waals surface area (Å²) in [7, 11) is 0. The molecule has 2 aromatic rings. The predicted octanol–water partition coefficient (Wildman–Crippen LogP) is 2.40. The van der Waals surface area contributed by atoms with Gasteiger partial charge in [0.1, 0.15) is 5.76 Å². The molecule has 1 atom stereocenters. The van der Waals surface area contributed by atoms with Crippen LogP contribution in [0.2, 0.25) is 0 Å². The lowest BCUT2D eigenvalue weighted by Crippen LogP contribution is -2.40. The summed E-state index contributed by atoms with van der Waals surface area (Å²) in [6.45, 7) is 7.82. The first kappa shape index (κ1) is 15.8. The van der Waals surface area contributed by atoms with E-state index < -0.39 is 0 Å². The molecule has 0 radical (unpaired) electrons. The Bertz CT molecular complexity index is 631. The lowest BCUT2D eigenvalue weighted by Gasteiger charge is -2.31. The summed E-state index contributed by atoms with van der Waals surface area (Å²) in [4.78, 5) is 9.25. The van der Waals surface area contributed by atoms with Crippen molar-refractivity contribution in [1.29, 1.82) is 0 Å². The van der Waals surface area contributed by atoms with Crippen LogP contribution in [0.3, 0.4) is 0 Å². The molecule has 1 spiro atoms. The molecule has 128 valence electrons. The Morgan fingerprint density at radius 1 is 1.08 bits per heavy atom. The van der Waals surface area contributed by atoms with E-state index in [1.54, 1.807) is 6.26 Å². The van der Waals surface area contributed by atoms with E-state index in [1.165, 1.54) is 12.0 Å². The molecule has 0 amide bonds. The van der Waals surface area contributed by atoms with Gasteiger partial charge in [-0.15, -0.1) is 0 Å². The first-order valence-electron chi connectivity index (χ1n) is 8.75. The quantitative estimate of drug-likeness (QED) is 0.862. The van der Waals surface area contributed by atoms with Crippen LogP contribution in [0.5, 0.6) is 0 Å². The second-order valence-electron chi connectivity index (χ2n) is 7.16. The highest BCUT2D eigenvalue weighted by atomic mass is 16.5. The fourth-order valence-corrected chi connectivity index (χ4v) is 4.00. The van der Waals surface area contributed by atoms with Crippen molar-refractivity contribution in [3.63, 3.8) is 0 Å². The van der Waals surface area contributed by atoms with Crippen molar-refractivity contribution in [2.45, 2.75) is 19.5 Å². The van der Waals surface area contributed by atoms with Crippen LogP contribution in [0.15, 0.2) is 47.3 Å². The van der Waals surface area contributed by atoms with Crippen LogP contribution in [0.1, 0.15) is 17.7 Å². The summed E-state index contributed by atoms with van der Waals surface area (Å²) in [5.41, 5.74) is 1.53. The first-order chi connectivity index (χ1) is 11.8. The number of pyridine rings is 1. The van der Waals surface area contributed by atoms with Crippen molar-refractivity contribution in [3.05, 3.63) is 54.2 Å². The van der Waals surface area contributed by atoms with Gasteiger partial charge in [-0.2, -0.15) is 0 Å². The molecule has 5 heteroatoms. The number of hydrogen-bond acceptors (Lipinski definition) is 5. The van der Waals surface area contributed by atoms with Crippen molar-refractivity contribution in [2.24, 2.45) is 5.41 Å². The molecule has 0 bridgehead atoms. The van der Waals surface area contributed by atoms with Gasteiger partial charge in [-0.05, 0) is 36.7 Å². The number of aromatic nitrogens is 1. The zero-order chi connectivity index (χ0) is 16.2. The van der Waals surface area contributed by atoms with Crippen molar-refractivity contribution in [3.8, 4) is 0 Å². The van der Waals surface area contributed by atoms with Gasteiger partial charge in [0, 0.05) is 44.0 Å². The normalized spacial score (nSPS) is 26.0. The molecular formula is C19H25N3O2. The summed E-state index contributed by atoms with van der Waals surface area (Å²) in [6, 6.07) is 8.19. The number of likely N-dealkylation sites (tertiary alicyclic amines) is 1. The molecule has 0 N–H and O–H groups in total. The standard InChI is InChI=1S/C19H25N3O2/c1-3-17(11-20-6-1)12-21-7-5-19(14-21)15-22(8-10-23-16-19)13-18-4-2-9-24-18/h1-4,6,9,11H,5,7-8,10,12-16H2. The maximum Gasteiger partial charge on any atom is 0.117 e. The van der Waals surface area contributed by atoms with Crippen molar-refractivity contribution >= 4 is 0 Å². The van der Waals surface area contributed by atoms with Crippen LogP contribution in [-0.2, 0) is 17.8 Å². The third-order valence-corrected chi connectivity index (χ3v) is 5.13. The molecule has 24 heavy (non-hydrogen) atoms. The fourth-order valence-electron chi connectivity index (χ4n) is 4.00. The smallest absolute Gasteiger partial charge is 0.117 e. The summed E-state index contributed by atoms with van der Waals surface area (Å²) in [5.74, 6) is 1.04. The molecule has 2 aliphatic heterocycles. The highest BCUT2D eigenvalue weighted by Gasteiger charge is 2.41. The Morgan fingerprint density at radius 3 is 2.79 bits per heavy atom. The second-order valence-corrected chi connectivity index (χ2v) is 7.16. The Hall–Kier alpha value is -1.69. The minimum absolute atomic E-state index is 0.241.